The Balaban J connectivity index is 3.97. The Morgan fingerprint density at radius 3 is 2.11 bits per heavy atom. The highest BCUT2D eigenvalue weighted by Gasteiger charge is 2.36. The third kappa shape index (κ3) is 6.63. The van der Waals surface area contributed by atoms with Gasteiger partial charge in [0.2, 0.25) is 5.78 Å². The Bertz CT molecular complexity index is 355. The Hall–Kier alpha value is -1.01. The van der Waals surface area contributed by atoms with Gasteiger partial charge in [-0.2, -0.15) is 0 Å². The smallest absolute Gasteiger partial charge is 0.372 e. The fourth-order valence-electron chi connectivity index (χ4n) is 1.16. The van der Waals surface area contributed by atoms with E-state index in [4.69, 9.17) is 9.53 Å². The molecule has 0 radical (unpaired) electrons. The lowest BCUT2D eigenvalue weighted by Crippen LogP contribution is -2.41. The molecular formula is C13H24O5Si. The van der Waals surface area contributed by atoms with Gasteiger partial charge in [0, 0.05) is 13.0 Å². The van der Waals surface area contributed by atoms with Gasteiger partial charge in [0.05, 0.1) is 6.42 Å². The summed E-state index contributed by atoms with van der Waals surface area (Å²) in [5.41, 5.74) is 0. The van der Waals surface area contributed by atoms with Crippen molar-refractivity contribution in [3.63, 3.8) is 0 Å². The van der Waals surface area contributed by atoms with Crippen LogP contribution in [0.15, 0.2) is 0 Å². The molecule has 0 saturated heterocycles. The predicted octanol–water partition coefficient (Wildman–Crippen LogP) is 2.40. The molecule has 0 atom stereocenters. The number of aliphatic carboxylic acids is 1. The van der Waals surface area contributed by atoms with Crippen LogP contribution in [0.25, 0.3) is 0 Å². The summed E-state index contributed by atoms with van der Waals surface area (Å²) in [6.45, 7) is 11.1. The van der Waals surface area contributed by atoms with E-state index in [1.807, 2.05) is 0 Å². The molecule has 6 heteroatoms. The van der Waals surface area contributed by atoms with E-state index in [0.29, 0.717) is 13.0 Å². The summed E-state index contributed by atoms with van der Waals surface area (Å²) in [7, 11) is -1.80. The molecule has 0 aromatic rings. The second-order valence-corrected chi connectivity index (χ2v) is 11.0. The van der Waals surface area contributed by atoms with Crippen molar-refractivity contribution in [2.75, 3.05) is 6.61 Å². The normalized spacial score (nSPS) is 12.3. The number of hydrogen-bond donors (Lipinski definition) is 1. The second-order valence-electron chi connectivity index (χ2n) is 6.16. The lowest BCUT2D eigenvalue weighted by Gasteiger charge is -2.36. The van der Waals surface area contributed by atoms with Gasteiger partial charge < -0.3 is 9.53 Å². The van der Waals surface area contributed by atoms with Gasteiger partial charge in [0.25, 0.3) is 0 Å². The minimum Gasteiger partial charge on any atom is -0.475 e. The van der Waals surface area contributed by atoms with Crippen LogP contribution < -0.4 is 0 Å². The predicted molar refractivity (Wildman–Crippen MR) is 74.6 cm³/mol. The van der Waals surface area contributed by atoms with E-state index < -0.39 is 26.5 Å². The van der Waals surface area contributed by atoms with E-state index in [1.165, 1.54) is 0 Å². The molecule has 0 amide bonds. The second kappa shape index (κ2) is 6.95. The van der Waals surface area contributed by atoms with Crippen LogP contribution in [0.3, 0.4) is 0 Å². The van der Waals surface area contributed by atoms with E-state index in [2.05, 4.69) is 33.9 Å². The van der Waals surface area contributed by atoms with Crippen LogP contribution in [0.1, 0.15) is 40.0 Å². The Morgan fingerprint density at radius 1 is 1.16 bits per heavy atom. The molecule has 1 N–H and O–H groups in total. The van der Waals surface area contributed by atoms with Crippen LogP contribution in [0, 0.1) is 0 Å². The Kier molecular flexibility index (Phi) is 6.58. The summed E-state index contributed by atoms with van der Waals surface area (Å²) in [4.78, 5) is 32.5. The van der Waals surface area contributed by atoms with E-state index >= 15 is 0 Å². The Labute approximate surface area is 115 Å². The Morgan fingerprint density at radius 2 is 1.68 bits per heavy atom. The quantitative estimate of drug-likeness (QED) is 0.321. The standard InChI is InChI=1S/C13H24O5Si/c1-13(2,3)19(4,5)18-8-6-7-10(14)9-11(15)12(16)17/h6-9H2,1-5H3,(H,16,17). The van der Waals surface area contributed by atoms with Crippen LogP contribution in [-0.2, 0) is 18.8 Å². The largest absolute Gasteiger partial charge is 0.475 e. The molecule has 0 aliphatic carbocycles. The summed E-state index contributed by atoms with van der Waals surface area (Å²) in [6.07, 6.45) is 0.196. The van der Waals surface area contributed by atoms with Gasteiger partial charge >= 0.3 is 5.97 Å². The summed E-state index contributed by atoms with van der Waals surface area (Å²) < 4.78 is 5.88. The molecule has 0 aliphatic heterocycles. The van der Waals surface area contributed by atoms with Crippen molar-refractivity contribution in [1.29, 1.82) is 0 Å². The molecule has 0 aromatic heterocycles. The zero-order valence-corrected chi connectivity index (χ0v) is 13.4. The highest BCUT2D eigenvalue weighted by Crippen LogP contribution is 2.36. The van der Waals surface area contributed by atoms with Gasteiger partial charge in [-0.25, -0.2) is 4.79 Å². The monoisotopic (exact) mass is 288 g/mol. The highest BCUT2D eigenvalue weighted by molar-refractivity contribution is 6.74. The molecule has 0 aliphatic rings. The molecule has 0 aromatic carbocycles. The first-order valence-corrected chi connectivity index (χ1v) is 9.30. The molecular weight excluding hydrogens is 264 g/mol. The molecule has 0 fully saturated rings. The number of carboxylic acid groups (broad SMARTS) is 1. The number of Topliss-reactive ketones (excluding diaryl/α,β-unsaturated/α-hetero) is 2. The van der Waals surface area contributed by atoms with Gasteiger partial charge in [0.15, 0.2) is 8.32 Å². The van der Waals surface area contributed by atoms with Crippen molar-refractivity contribution >= 4 is 25.9 Å². The van der Waals surface area contributed by atoms with Crippen molar-refractivity contribution in [1.82, 2.24) is 0 Å². The molecule has 0 bridgehead atoms. The maximum Gasteiger partial charge on any atom is 0.372 e. The third-order valence-corrected chi connectivity index (χ3v) is 8.00. The molecule has 0 heterocycles. The maximum absolute atomic E-state index is 11.4. The van der Waals surface area contributed by atoms with Gasteiger partial charge in [-0.05, 0) is 24.6 Å². The van der Waals surface area contributed by atoms with E-state index in [0.717, 1.165) is 0 Å². The summed E-state index contributed by atoms with van der Waals surface area (Å²) in [5, 5.41) is 8.50. The third-order valence-electron chi connectivity index (χ3n) is 3.47. The summed E-state index contributed by atoms with van der Waals surface area (Å²) in [5.74, 6) is -2.94. The molecule has 19 heavy (non-hydrogen) atoms. The van der Waals surface area contributed by atoms with Gasteiger partial charge in [-0.1, -0.05) is 20.8 Å². The van der Waals surface area contributed by atoms with Crippen LogP contribution in [0.5, 0.6) is 0 Å². The average Bonchev–Trinajstić information content (AvgIpc) is 2.22. The van der Waals surface area contributed by atoms with Crippen LogP contribution in [-0.4, -0.2) is 37.6 Å². The number of ketones is 2. The number of hydrogen-bond acceptors (Lipinski definition) is 4. The number of carbonyl (C=O) groups is 3. The van der Waals surface area contributed by atoms with Gasteiger partial charge in [-0.15, -0.1) is 0 Å². The van der Waals surface area contributed by atoms with Crippen molar-refractivity contribution in [2.45, 2.75) is 58.2 Å². The fourth-order valence-corrected chi connectivity index (χ4v) is 2.24. The van der Waals surface area contributed by atoms with Crippen LogP contribution in [0.4, 0.5) is 0 Å². The van der Waals surface area contributed by atoms with Gasteiger partial charge in [0.1, 0.15) is 5.78 Å². The number of rotatable bonds is 8. The van der Waals surface area contributed by atoms with Crippen LogP contribution >= 0.6 is 0 Å². The fraction of sp³-hybridized carbons (Fsp3) is 0.769. The molecule has 110 valence electrons. The molecule has 0 rings (SSSR count). The lowest BCUT2D eigenvalue weighted by molar-refractivity contribution is -0.150. The van der Waals surface area contributed by atoms with Crippen molar-refractivity contribution in [3.8, 4) is 0 Å². The topological polar surface area (TPSA) is 80.7 Å². The van der Waals surface area contributed by atoms with Gasteiger partial charge in [-0.3, -0.25) is 9.59 Å². The zero-order valence-electron chi connectivity index (χ0n) is 12.4. The summed E-state index contributed by atoms with van der Waals surface area (Å²) >= 11 is 0. The number of carbonyl (C=O) groups excluding carboxylic acids is 2. The molecule has 5 nitrogen and oxygen atoms in total. The highest BCUT2D eigenvalue weighted by atomic mass is 28.4. The zero-order chi connectivity index (χ0) is 15.3. The minimum atomic E-state index is -1.80. The first-order chi connectivity index (χ1) is 8.47. The minimum absolute atomic E-state index is 0.121. The molecule has 0 unspecified atom stereocenters. The molecule has 0 saturated carbocycles. The first-order valence-electron chi connectivity index (χ1n) is 6.39. The molecule has 0 spiro atoms. The summed E-state index contributed by atoms with van der Waals surface area (Å²) in [6, 6.07) is 0. The van der Waals surface area contributed by atoms with Crippen molar-refractivity contribution < 1.29 is 23.9 Å². The van der Waals surface area contributed by atoms with Crippen LogP contribution in [0.2, 0.25) is 18.1 Å². The van der Waals surface area contributed by atoms with E-state index in [9.17, 15) is 14.4 Å². The number of carboxylic acids is 1. The lowest BCUT2D eigenvalue weighted by atomic mass is 10.1. The van der Waals surface area contributed by atoms with E-state index in [-0.39, 0.29) is 17.2 Å². The SMILES string of the molecule is CC(C)(C)[Si](C)(C)OCCCC(=O)CC(=O)C(=O)O. The van der Waals surface area contributed by atoms with Crippen molar-refractivity contribution in [2.24, 2.45) is 0 Å². The first kappa shape index (κ1) is 18.0. The average molecular weight is 288 g/mol. The van der Waals surface area contributed by atoms with Crippen molar-refractivity contribution in [3.05, 3.63) is 0 Å². The van der Waals surface area contributed by atoms with E-state index in [1.54, 1.807) is 0 Å². The maximum atomic E-state index is 11.4.